The highest BCUT2D eigenvalue weighted by Crippen LogP contribution is 2.38. The van der Waals surface area contributed by atoms with E-state index >= 15 is 0 Å². The van der Waals surface area contributed by atoms with Crippen LogP contribution < -0.4 is 4.90 Å². The summed E-state index contributed by atoms with van der Waals surface area (Å²) in [6.07, 6.45) is 2.03. The summed E-state index contributed by atoms with van der Waals surface area (Å²) in [5, 5.41) is 2.17. The first-order valence-electron chi connectivity index (χ1n) is 12.2. The Bertz CT molecular complexity index is 1690. The summed E-state index contributed by atoms with van der Waals surface area (Å²) in [6, 6.07) is 16.1. The van der Waals surface area contributed by atoms with E-state index in [1.54, 1.807) is 24.4 Å². The van der Waals surface area contributed by atoms with Crippen molar-refractivity contribution in [3.05, 3.63) is 88.1 Å². The molecule has 4 aromatic rings. The molecule has 1 aliphatic rings. The van der Waals surface area contributed by atoms with E-state index < -0.39 is 15.9 Å². The summed E-state index contributed by atoms with van der Waals surface area (Å²) >= 11 is 12.3. The van der Waals surface area contributed by atoms with Crippen LogP contribution in [0.25, 0.3) is 22.0 Å². The smallest absolute Gasteiger partial charge is 0.242 e. The fourth-order valence-electron chi connectivity index (χ4n) is 5.06. The first kappa shape index (κ1) is 26.5. The molecule has 1 N–H and O–H groups in total. The molecule has 38 heavy (non-hydrogen) atoms. The van der Waals surface area contributed by atoms with Gasteiger partial charge in [0.25, 0.3) is 0 Å². The highest BCUT2D eigenvalue weighted by atomic mass is 35.5. The van der Waals surface area contributed by atoms with Crippen LogP contribution in [-0.2, 0) is 14.6 Å². The fraction of sp³-hybridized carbons (Fsp3) is 0.241. The van der Waals surface area contributed by atoms with Crippen LogP contribution in [-0.4, -0.2) is 48.5 Å². The Morgan fingerprint density at radius 2 is 1.84 bits per heavy atom. The van der Waals surface area contributed by atoms with E-state index in [9.17, 15) is 18.0 Å². The molecule has 5 rings (SSSR count). The zero-order valence-electron chi connectivity index (χ0n) is 20.9. The largest absolute Gasteiger partial charge is 0.361 e. The fourth-order valence-corrected chi connectivity index (χ4v) is 7.07. The average Bonchev–Trinajstić information content (AvgIpc) is 3.51. The third-order valence-corrected chi connectivity index (χ3v) is 9.40. The van der Waals surface area contributed by atoms with Crippen LogP contribution in [0.2, 0.25) is 5.02 Å². The summed E-state index contributed by atoms with van der Waals surface area (Å²) in [5.41, 5.74) is 4.65. The molecule has 1 aliphatic heterocycles. The SMILES string of the molecule is Cc1ccc2cc(-c3[nH]ccc3C(=O)c3ccc(C)c(Cl)c3)cc(N(C(=O)CCl)[C@H]3CCS(=O)(=O)C3)c2c1. The van der Waals surface area contributed by atoms with Crippen molar-refractivity contribution in [3.63, 3.8) is 0 Å². The zero-order valence-corrected chi connectivity index (χ0v) is 23.3. The van der Waals surface area contributed by atoms with Crippen LogP contribution in [0.4, 0.5) is 5.69 Å². The number of hydrogen-bond acceptors (Lipinski definition) is 4. The number of benzene rings is 3. The van der Waals surface area contributed by atoms with Gasteiger partial charge in [0.05, 0.1) is 28.9 Å². The molecule has 0 radical (unpaired) electrons. The topological polar surface area (TPSA) is 87.3 Å². The second-order valence-corrected chi connectivity index (χ2v) is 12.6. The lowest BCUT2D eigenvalue weighted by Gasteiger charge is -2.29. The number of hydrogen-bond donors (Lipinski definition) is 1. The summed E-state index contributed by atoms with van der Waals surface area (Å²) < 4.78 is 24.7. The number of ketones is 1. The minimum absolute atomic E-state index is 0.0226. The molecule has 2 heterocycles. The first-order valence-corrected chi connectivity index (χ1v) is 14.9. The maximum absolute atomic E-state index is 13.5. The number of aryl methyl sites for hydroxylation is 2. The van der Waals surface area contributed by atoms with Gasteiger partial charge >= 0.3 is 0 Å². The van der Waals surface area contributed by atoms with E-state index in [0.29, 0.717) is 39.5 Å². The van der Waals surface area contributed by atoms with Crippen LogP contribution in [0.1, 0.15) is 33.5 Å². The van der Waals surface area contributed by atoms with Crippen molar-refractivity contribution in [2.24, 2.45) is 0 Å². The van der Waals surface area contributed by atoms with Gasteiger partial charge in [0, 0.05) is 33.3 Å². The summed E-state index contributed by atoms with van der Waals surface area (Å²) in [5.74, 6) is -0.938. The predicted octanol–water partition coefficient (Wildman–Crippen LogP) is 6.10. The van der Waals surface area contributed by atoms with Gasteiger partial charge in [0.1, 0.15) is 5.88 Å². The van der Waals surface area contributed by atoms with Gasteiger partial charge in [-0.2, -0.15) is 0 Å². The van der Waals surface area contributed by atoms with Gasteiger partial charge < -0.3 is 9.88 Å². The van der Waals surface area contributed by atoms with Crippen LogP contribution >= 0.6 is 23.2 Å². The number of nitrogens with one attached hydrogen (secondary N) is 1. The quantitative estimate of drug-likeness (QED) is 0.225. The molecular weight excluding hydrogens is 543 g/mol. The van der Waals surface area contributed by atoms with Crippen molar-refractivity contribution in [2.45, 2.75) is 26.3 Å². The number of amides is 1. The second kappa shape index (κ2) is 10.2. The summed E-state index contributed by atoms with van der Waals surface area (Å²) in [4.78, 5) is 31.4. The van der Waals surface area contributed by atoms with E-state index in [-0.39, 0.29) is 29.1 Å². The number of halogens is 2. The molecule has 0 spiro atoms. The molecule has 6 nitrogen and oxygen atoms in total. The van der Waals surface area contributed by atoms with E-state index in [2.05, 4.69) is 4.98 Å². The lowest BCUT2D eigenvalue weighted by atomic mass is 9.95. The lowest BCUT2D eigenvalue weighted by Crippen LogP contribution is -2.42. The molecule has 1 saturated heterocycles. The predicted molar refractivity (Wildman–Crippen MR) is 153 cm³/mol. The molecule has 9 heteroatoms. The molecule has 0 unspecified atom stereocenters. The maximum atomic E-state index is 13.5. The Hall–Kier alpha value is -3.13. The van der Waals surface area contributed by atoms with Crippen molar-refractivity contribution < 1.29 is 18.0 Å². The Kier molecular flexibility index (Phi) is 7.11. The van der Waals surface area contributed by atoms with Crippen LogP contribution in [0, 0.1) is 13.8 Å². The third kappa shape index (κ3) is 4.98. The van der Waals surface area contributed by atoms with E-state index in [0.717, 1.165) is 21.9 Å². The lowest BCUT2D eigenvalue weighted by molar-refractivity contribution is -0.116. The third-order valence-electron chi connectivity index (χ3n) is 7.02. The number of aromatic amines is 1. The van der Waals surface area contributed by atoms with Crippen molar-refractivity contribution >= 4 is 61.2 Å². The van der Waals surface area contributed by atoms with Crippen molar-refractivity contribution in [2.75, 3.05) is 22.3 Å². The standard InChI is InChI=1S/C29H26Cl2N2O4S/c1-17-3-5-19-12-21(28-23(7-9-32-28)29(35)20-6-4-18(2)25(31)13-20)14-26(24(19)11-17)33(27(34)15-30)22-8-10-38(36,37)16-22/h3-7,9,11-14,22,32H,8,10,15-16H2,1-2H3/t22-/m0/s1. The number of alkyl halides is 1. The maximum Gasteiger partial charge on any atom is 0.242 e. The van der Waals surface area contributed by atoms with Gasteiger partial charge in [-0.15, -0.1) is 11.6 Å². The van der Waals surface area contributed by atoms with E-state index in [1.807, 2.05) is 50.2 Å². The minimum atomic E-state index is -3.26. The zero-order chi connectivity index (χ0) is 27.2. The van der Waals surface area contributed by atoms with Gasteiger partial charge in [-0.3, -0.25) is 9.59 Å². The minimum Gasteiger partial charge on any atom is -0.361 e. The van der Waals surface area contributed by atoms with Gasteiger partial charge in [-0.1, -0.05) is 41.4 Å². The Balaban J connectivity index is 1.68. The number of aromatic nitrogens is 1. The van der Waals surface area contributed by atoms with E-state index in [4.69, 9.17) is 23.2 Å². The highest BCUT2D eigenvalue weighted by molar-refractivity contribution is 7.91. The van der Waals surface area contributed by atoms with Crippen molar-refractivity contribution in [1.29, 1.82) is 0 Å². The van der Waals surface area contributed by atoms with Crippen LogP contribution in [0.15, 0.2) is 60.8 Å². The van der Waals surface area contributed by atoms with Gasteiger partial charge in [0.2, 0.25) is 5.91 Å². The molecule has 1 aromatic heterocycles. The molecule has 0 bridgehead atoms. The summed E-state index contributed by atoms with van der Waals surface area (Å²) in [6.45, 7) is 3.83. The normalized spacial score (nSPS) is 16.6. The van der Waals surface area contributed by atoms with Crippen molar-refractivity contribution in [3.8, 4) is 11.3 Å². The number of H-pyrrole nitrogens is 1. The molecule has 1 atom stereocenters. The van der Waals surface area contributed by atoms with Crippen molar-refractivity contribution in [1.82, 2.24) is 4.98 Å². The Morgan fingerprint density at radius 3 is 2.53 bits per heavy atom. The van der Waals surface area contributed by atoms with Gasteiger partial charge in [-0.25, -0.2) is 8.42 Å². The number of sulfone groups is 1. The number of carbonyl (C=O) groups is 2. The highest BCUT2D eigenvalue weighted by Gasteiger charge is 2.36. The molecule has 0 aliphatic carbocycles. The number of nitrogens with zero attached hydrogens (tertiary/aromatic N) is 1. The Labute approximate surface area is 231 Å². The monoisotopic (exact) mass is 568 g/mol. The molecule has 1 amide bonds. The number of carbonyl (C=O) groups excluding carboxylic acids is 2. The molecule has 196 valence electrons. The van der Waals surface area contributed by atoms with E-state index in [1.165, 1.54) is 4.90 Å². The molecular formula is C29H26Cl2N2O4S. The number of anilines is 1. The molecule has 1 fully saturated rings. The molecule has 0 saturated carbocycles. The number of rotatable bonds is 6. The van der Waals surface area contributed by atoms with Crippen LogP contribution in [0.5, 0.6) is 0 Å². The Morgan fingerprint density at radius 1 is 1.05 bits per heavy atom. The van der Waals surface area contributed by atoms with Gasteiger partial charge in [0.15, 0.2) is 15.6 Å². The average molecular weight is 570 g/mol. The second-order valence-electron chi connectivity index (χ2n) is 9.73. The first-order chi connectivity index (χ1) is 18.1. The van der Waals surface area contributed by atoms with Crippen LogP contribution in [0.3, 0.4) is 0 Å². The van der Waals surface area contributed by atoms with Gasteiger partial charge in [-0.05, 0) is 61.5 Å². The number of fused-ring (bicyclic) bond motifs is 1. The molecule has 3 aromatic carbocycles. The summed E-state index contributed by atoms with van der Waals surface area (Å²) in [7, 11) is -3.26.